The highest BCUT2D eigenvalue weighted by Crippen LogP contribution is 2.25. The van der Waals surface area contributed by atoms with Crippen molar-refractivity contribution >= 4 is 17.2 Å². The maximum atomic E-state index is 12.0. The van der Waals surface area contributed by atoms with E-state index in [9.17, 15) is 4.79 Å². The quantitative estimate of drug-likeness (QED) is 0.941. The van der Waals surface area contributed by atoms with Gasteiger partial charge in [0, 0.05) is 19.3 Å². The summed E-state index contributed by atoms with van der Waals surface area (Å²) in [5.74, 6) is -0.0246. The van der Waals surface area contributed by atoms with E-state index in [-0.39, 0.29) is 12.0 Å². The Kier molecular flexibility index (Phi) is 4.08. The van der Waals surface area contributed by atoms with Crippen LogP contribution in [0.2, 0.25) is 0 Å². The normalized spacial score (nSPS) is 18.1. The van der Waals surface area contributed by atoms with Gasteiger partial charge in [-0.1, -0.05) is 12.1 Å². The lowest BCUT2D eigenvalue weighted by atomic mass is 10.1. The zero-order valence-corrected chi connectivity index (χ0v) is 11.9. The second kappa shape index (κ2) is 6.15. The average molecular weight is 288 g/mol. The Balaban J connectivity index is 1.70. The highest BCUT2D eigenvalue weighted by molar-refractivity contribution is 7.13. The minimum absolute atomic E-state index is 0.0246. The summed E-state index contributed by atoms with van der Waals surface area (Å²) >= 11 is 1.65. The Morgan fingerprint density at radius 2 is 2.40 bits per heavy atom. The molecule has 3 heterocycles. The largest absolute Gasteiger partial charge is 0.368 e. The summed E-state index contributed by atoms with van der Waals surface area (Å²) in [7, 11) is 0. The summed E-state index contributed by atoms with van der Waals surface area (Å²) in [4.78, 5) is 17.5. The molecule has 1 amide bonds. The molecule has 0 bridgehead atoms. The maximum Gasteiger partial charge on any atom is 0.249 e. The number of thiophene rings is 1. The molecule has 20 heavy (non-hydrogen) atoms. The highest BCUT2D eigenvalue weighted by atomic mass is 32.1. The van der Waals surface area contributed by atoms with Crippen molar-refractivity contribution < 1.29 is 9.53 Å². The van der Waals surface area contributed by atoms with Crippen LogP contribution in [0.1, 0.15) is 18.4 Å². The molecule has 3 rings (SSSR count). The Bertz CT molecular complexity index is 577. The summed E-state index contributed by atoms with van der Waals surface area (Å²) in [6, 6.07) is 7.93. The second-order valence-electron chi connectivity index (χ2n) is 4.71. The third-order valence-corrected chi connectivity index (χ3v) is 4.20. The van der Waals surface area contributed by atoms with Gasteiger partial charge in [-0.3, -0.25) is 9.78 Å². The van der Waals surface area contributed by atoms with Crippen molar-refractivity contribution in [2.24, 2.45) is 0 Å². The van der Waals surface area contributed by atoms with E-state index in [1.54, 1.807) is 17.5 Å². The van der Waals surface area contributed by atoms with Crippen LogP contribution in [0.15, 0.2) is 35.8 Å². The summed E-state index contributed by atoms with van der Waals surface area (Å²) in [5.41, 5.74) is 1.97. The number of hydrogen-bond acceptors (Lipinski definition) is 4. The molecule has 0 spiro atoms. The predicted molar refractivity (Wildman–Crippen MR) is 78.4 cm³/mol. The summed E-state index contributed by atoms with van der Waals surface area (Å²) in [5, 5.41) is 4.97. The van der Waals surface area contributed by atoms with Crippen molar-refractivity contribution in [3.63, 3.8) is 0 Å². The van der Waals surface area contributed by atoms with Crippen LogP contribution < -0.4 is 5.32 Å². The zero-order valence-electron chi connectivity index (χ0n) is 11.0. The fourth-order valence-corrected chi connectivity index (χ4v) is 3.05. The van der Waals surface area contributed by atoms with Crippen LogP contribution in [-0.2, 0) is 16.1 Å². The molecule has 1 atom stereocenters. The van der Waals surface area contributed by atoms with Gasteiger partial charge in [0.2, 0.25) is 5.91 Å². The molecule has 0 saturated carbocycles. The number of aromatic nitrogens is 1. The van der Waals surface area contributed by atoms with Crippen LogP contribution in [0.5, 0.6) is 0 Å². The predicted octanol–water partition coefficient (Wildman–Crippen LogP) is 2.61. The van der Waals surface area contributed by atoms with Gasteiger partial charge in [0.05, 0.1) is 10.6 Å². The first-order valence-electron chi connectivity index (χ1n) is 6.71. The number of ether oxygens (including phenoxy) is 1. The summed E-state index contributed by atoms with van der Waals surface area (Å²) in [6.07, 6.45) is 3.28. The van der Waals surface area contributed by atoms with Crippen molar-refractivity contribution in [3.8, 4) is 10.6 Å². The van der Waals surface area contributed by atoms with Crippen LogP contribution in [-0.4, -0.2) is 23.6 Å². The number of rotatable bonds is 4. The van der Waals surface area contributed by atoms with Crippen molar-refractivity contribution in [1.82, 2.24) is 10.3 Å². The first-order chi connectivity index (χ1) is 9.84. The Hall–Kier alpha value is -1.72. The lowest BCUT2D eigenvalue weighted by molar-refractivity contribution is -0.130. The standard InChI is InChI=1S/C15H16N2O2S/c18-15(12-5-2-8-19-12)17-10-11-4-1-7-16-14(11)13-6-3-9-20-13/h1,3-4,6-7,9,12H,2,5,8,10H2,(H,17,18)/t12-/m0/s1. The molecule has 0 radical (unpaired) electrons. The first-order valence-corrected chi connectivity index (χ1v) is 7.59. The maximum absolute atomic E-state index is 12.0. The number of pyridine rings is 1. The zero-order chi connectivity index (χ0) is 13.8. The highest BCUT2D eigenvalue weighted by Gasteiger charge is 2.23. The third-order valence-electron chi connectivity index (χ3n) is 3.32. The van der Waals surface area contributed by atoms with Gasteiger partial charge in [-0.15, -0.1) is 11.3 Å². The molecule has 2 aromatic heterocycles. The smallest absolute Gasteiger partial charge is 0.249 e. The Morgan fingerprint density at radius 1 is 1.45 bits per heavy atom. The molecule has 0 unspecified atom stereocenters. The SMILES string of the molecule is O=C(NCc1cccnc1-c1cccs1)[C@@H]1CCCO1. The molecular weight excluding hydrogens is 272 g/mol. The first kappa shape index (κ1) is 13.3. The van der Waals surface area contributed by atoms with E-state index >= 15 is 0 Å². The van der Waals surface area contributed by atoms with E-state index in [1.165, 1.54) is 0 Å². The molecule has 1 N–H and O–H groups in total. The minimum atomic E-state index is -0.281. The number of nitrogens with one attached hydrogen (secondary N) is 1. The van der Waals surface area contributed by atoms with Gasteiger partial charge in [-0.05, 0) is 35.9 Å². The molecule has 2 aromatic rings. The second-order valence-corrected chi connectivity index (χ2v) is 5.66. The number of hydrogen-bond donors (Lipinski definition) is 1. The fourth-order valence-electron chi connectivity index (χ4n) is 2.30. The van der Waals surface area contributed by atoms with Gasteiger partial charge in [0.1, 0.15) is 6.10 Å². The van der Waals surface area contributed by atoms with Crippen LogP contribution in [0.3, 0.4) is 0 Å². The third kappa shape index (κ3) is 2.89. The van der Waals surface area contributed by atoms with Gasteiger partial charge < -0.3 is 10.1 Å². The van der Waals surface area contributed by atoms with E-state index in [4.69, 9.17) is 4.74 Å². The molecule has 1 aliphatic rings. The van der Waals surface area contributed by atoms with Crippen LogP contribution in [0.25, 0.3) is 10.6 Å². The summed E-state index contributed by atoms with van der Waals surface area (Å²) in [6.45, 7) is 1.17. The minimum Gasteiger partial charge on any atom is -0.368 e. The van der Waals surface area contributed by atoms with Gasteiger partial charge in [0.15, 0.2) is 0 Å². The van der Waals surface area contributed by atoms with Gasteiger partial charge >= 0.3 is 0 Å². The van der Waals surface area contributed by atoms with E-state index in [0.29, 0.717) is 13.2 Å². The number of amides is 1. The van der Waals surface area contributed by atoms with Crippen molar-refractivity contribution in [1.29, 1.82) is 0 Å². The average Bonchev–Trinajstić information content (AvgIpc) is 3.17. The lowest BCUT2D eigenvalue weighted by Gasteiger charge is -2.12. The molecule has 5 heteroatoms. The lowest BCUT2D eigenvalue weighted by Crippen LogP contribution is -2.33. The molecule has 0 aromatic carbocycles. The number of carbonyl (C=O) groups excluding carboxylic acids is 1. The van der Waals surface area contributed by atoms with E-state index in [0.717, 1.165) is 29.0 Å². The van der Waals surface area contributed by atoms with E-state index in [2.05, 4.69) is 10.3 Å². The number of carbonyl (C=O) groups is 1. The molecule has 104 valence electrons. The van der Waals surface area contributed by atoms with Crippen LogP contribution in [0.4, 0.5) is 0 Å². The van der Waals surface area contributed by atoms with Crippen LogP contribution >= 0.6 is 11.3 Å². The van der Waals surface area contributed by atoms with E-state index < -0.39 is 0 Å². The van der Waals surface area contributed by atoms with Crippen molar-refractivity contribution in [2.75, 3.05) is 6.61 Å². The van der Waals surface area contributed by atoms with E-state index in [1.807, 2.05) is 29.6 Å². The van der Waals surface area contributed by atoms with Gasteiger partial charge in [-0.2, -0.15) is 0 Å². The van der Waals surface area contributed by atoms with Crippen molar-refractivity contribution in [3.05, 3.63) is 41.4 Å². The summed E-state index contributed by atoms with van der Waals surface area (Å²) < 4.78 is 5.38. The number of nitrogens with zero attached hydrogens (tertiary/aromatic N) is 1. The molecule has 4 nitrogen and oxygen atoms in total. The van der Waals surface area contributed by atoms with Gasteiger partial charge in [0.25, 0.3) is 0 Å². The molecule has 1 aliphatic heterocycles. The van der Waals surface area contributed by atoms with Crippen molar-refractivity contribution in [2.45, 2.75) is 25.5 Å². The molecular formula is C15H16N2O2S. The Morgan fingerprint density at radius 3 is 3.15 bits per heavy atom. The Labute approximate surface area is 121 Å². The monoisotopic (exact) mass is 288 g/mol. The fraction of sp³-hybridized carbons (Fsp3) is 0.333. The topological polar surface area (TPSA) is 51.2 Å². The molecule has 1 saturated heterocycles. The van der Waals surface area contributed by atoms with Crippen LogP contribution in [0, 0.1) is 0 Å². The molecule has 1 fully saturated rings. The molecule has 0 aliphatic carbocycles. The van der Waals surface area contributed by atoms with Gasteiger partial charge in [-0.25, -0.2) is 0 Å².